The van der Waals surface area contributed by atoms with Crippen molar-refractivity contribution in [3.05, 3.63) is 0 Å². The van der Waals surface area contributed by atoms with E-state index in [1.165, 1.54) is 6.42 Å². The molecule has 0 aromatic heterocycles. The van der Waals surface area contributed by atoms with Gasteiger partial charge in [-0.05, 0) is 38.0 Å². The fraction of sp³-hybridized carbons (Fsp3) is 0.944. The molecule has 0 radical (unpaired) electrons. The van der Waals surface area contributed by atoms with Crippen molar-refractivity contribution in [3.8, 4) is 0 Å². The Kier molecular flexibility index (Phi) is 5.67. The molecule has 0 aromatic rings. The predicted octanol–water partition coefficient (Wildman–Crippen LogP) is 1.29. The van der Waals surface area contributed by atoms with Crippen LogP contribution in [0, 0.1) is 11.3 Å². The summed E-state index contributed by atoms with van der Waals surface area (Å²) in [7, 11) is 1.78. The molecule has 24 heavy (non-hydrogen) atoms. The molecule has 138 valence electrons. The van der Waals surface area contributed by atoms with Gasteiger partial charge in [-0.15, -0.1) is 0 Å². The van der Waals surface area contributed by atoms with Crippen molar-refractivity contribution in [2.24, 2.45) is 11.3 Å². The Balaban J connectivity index is 1.49. The highest BCUT2D eigenvalue weighted by atomic mass is 16.5. The van der Waals surface area contributed by atoms with Crippen molar-refractivity contribution >= 4 is 6.03 Å². The summed E-state index contributed by atoms with van der Waals surface area (Å²) in [5.74, 6) is 0.806. The molecule has 0 bridgehead atoms. The van der Waals surface area contributed by atoms with Gasteiger partial charge < -0.3 is 25.0 Å². The second-order valence-corrected chi connectivity index (χ2v) is 8.12. The van der Waals surface area contributed by atoms with E-state index in [4.69, 9.17) is 4.74 Å². The van der Waals surface area contributed by atoms with E-state index in [0.717, 1.165) is 45.0 Å². The van der Waals surface area contributed by atoms with Gasteiger partial charge in [0, 0.05) is 51.3 Å². The van der Waals surface area contributed by atoms with Crippen molar-refractivity contribution in [2.75, 3.05) is 46.4 Å². The van der Waals surface area contributed by atoms with Gasteiger partial charge in [-0.25, -0.2) is 4.79 Å². The Morgan fingerprint density at radius 3 is 2.33 bits per heavy atom. The van der Waals surface area contributed by atoms with Crippen LogP contribution in [-0.4, -0.2) is 79.5 Å². The highest BCUT2D eigenvalue weighted by molar-refractivity contribution is 5.74. The second kappa shape index (κ2) is 7.58. The van der Waals surface area contributed by atoms with E-state index in [-0.39, 0.29) is 17.6 Å². The summed E-state index contributed by atoms with van der Waals surface area (Å²) in [6, 6.07) is 0.829. The minimum atomic E-state index is -0.236. The molecule has 2 amide bonds. The summed E-state index contributed by atoms with van der Waals surface area (Å²) in [6.45, 7) is 7.03. The molecule has 3 fully saturated rings. The third-order valence-corrected chi connectivity index (χ3v) is 6.13. The fourth-order valence-corrected chi connectivity index (χ4v) is 4.06. The molecule has 1 aliphatic carbocycles. The topological polar surface area (TPSA) is 65.0 Å². The van der Waals surface area contributed by atoms with Gasteiger partial charge in [0.05, 0.1) is 12.7 Å². The molecular weight excluding hydrogens is 306 g/mol. The van der Waals surface area contributed by atoms with Gasteiger partial charge in [0.1, 0.15) is 0 Å². The van der Waals surface area contributed by atoms with Crippen molar-refractivity contribution in [2.45, 2.75) is 51.2 Å². The molecule has 2 aliphatic heterocycles. The molecule has 2 heterocycles. The number of piperidine rings is 2. The number of rotatable bonds is 5. The quantitative estimate of drug-likeness (QED) is 0.792. The molecule has 2 N–H and O–H groups in total. The van der Waals surface area contributed by atoms with Crippen LogP contribution in [-0.2, 0) is 4.74 Å². The number of amides is 2. The average Bonchev–Trinajstić information content (AvgIpc) is 3.30. The molecule has 3 rings (SSSR count). The smallest absolute Gasteiger partial charge is 0.320 e. The molecule has 6 heteroatoms. The van der Waals surface area contributed by atoms with E-state index in [9.17, 15) is 9.90 Å². The fourth-order valence-electron chi connectivity index (χ4n) is 4.06. The monoisotopic (exact) mass is 339 g/mol. The summed E-state index contributed by atoms with van der Waals surface area (Å²) >= 11 is 0. The molecule has 2 saturated heterocycles. The number of aliphatic hydroxyl groups is 1. The first-order chi connectivity index (χ1) is 11.5. The number of carbonyl (C=O) groups excluding carboxylic acids is 1. The standard InChI is InChI=1S/C18H33N3O3/c1-14-11-16(14)19-12-18(13-24-2)5-9-21(10-6-18)17(23)20-7-3-15(22)4-8-20/h14-16,19,22H,3-13H2,1-2H3/t14-,16-/m1/s1. The zero-order valence-electron chi connectivity index (χ0n) is 15.2. The molecule has 3 aliphatic rings. The highest BCUT2D eigenvalue weighted by Crippen LogP contribution is 2.35. The average molecular weight is 339 g/mol. The molecule has 6 nitrogen and oxygen atoms in total. The van der Waals surface area contributed by atoms with Crippen LogP contribution in [0.1, 0.15) is 39.0 Å². The maximum atomic E-state index is 12.7. The summed E-state index contributed by atoms with van der Waals surface area (Å²) in [4.78, 5) is 16.6. The third kappa shape index (κ3) is 4.21. The van der Waals surface area contributed by atoms with Gasteiger partial charge in [-0.2, -0.15) is 0 Å². The Bertz CT molecular complexity index is 429. The van der Waals surface area contributed by atoms with Crippen LogP contribution in [0.2, 0.25) is 0 Å². The van der Waals surface area contributed by atoms with Crippen molar-refractivity contribution in [1.29, 1.82) is 0 Å². The minimum absolute atomic E-state index is 0.150. The normalized spacial score (nSPS) is 30.5. The number of urea groups is 1. The van der Waals surface area contributed by atoms with Crippen molar-refractivity contribution in [1.82, 2.24) is 15.1 Å². The van der Waals surface area contributed by atoms with Crippen LogP contribution >= 0.6 is 0 Å². The first kappa shape index (κ1) is 18.0. The van der Waals surface area contributed by atoms with E-state index in [1.54, 1.807) is 7.11 Å². The van der Waals surface area contributed by atoms with Gasteiger partial charge >= 0.3 is 6.03 Å². The van der Waals surface area contributed by atoms with E-state index >= 15 is 0 Å². The summed E-state index contributed by atoms with van der Waals surface area (Å²) in [5.41, 5.74) is 0.159. The lowest BCUT2D eigenvalue weighted by atomic mass is 9.79. The zero-order chi connectivity index (χ0) is 17.2. The largest absolute Gasteiger partial charge is 0.393 e. The molecular formula is C18H33N3O3. The lowest BCUT2D eigenvalue weighted by Gasteiger charge is -2.43. The van der Waals surface area contributed by atoms with Gasteiger partial charge in [-0.1, -0.05) is 6.92 Å². The maximum Gasteiger partial charge on any atom is 0.320 e. The van der Waals surface area contributed by atoms with Crippen LogP contribution in [0.15, 0.2) is 0 Å². The molecule has 0 aromatic carbocycles. The van der Waals surface area contributed by atoms with Crippen molar-refractivity contribution in [3.63, 3.8) is 0 Å². The number of methoxy groups -OCH3 is 1. The number of hydrogen-bond acceptors (Lipinski definition) is 4. The van der Waals surface area contributed by atoms with Crippen LogP contribution in [0.25, 0.3) is 0 Å². The van der Waals surface area contributed by atoms with Gasteiger partial charge in [-0.3, -0.25) is 0 Å². The minimum Gasteiger partial charge on any atom is -0.393 e. The number of ether oxygens (including phenoxy) is 1. The van der Waals surface area contributed by atoms with Crippen LogP contribution in [0.3, 0.4) is 0 Å². The number of likely N-dealkylation sites (tertiary alicyclic amines) is 2. The first-order valence-corrected chi connectivity index (χ1v) is 9.47. The molecule has 2 atom stereocenters. The van der Waals surface area contributed by atoms with Crippen LogP contribution in [0.4, 0.5) is 4.79 Å². The Labute approximate surface area is 145 Å². The first-order valence-electron chi connectivity index (χ1n) is 9.47. The Morgan fingerprint density at radius 2 is 1.79 bits per heavy atom. The number of hydrogen-bond donors (Lipinski definition) is 2. The number of carbonyl (C=O) groups is 1. The van der Waals surface area contributed by atoms with Gasteiger partial charge in [0.25, 0.3) is 0 Å². The van der Waals surface area contributed by atoms with Gasteiger partial charge in [0.15, 0.2) is 0 Å². The summed E-state index contributed by atoms with van der Waals surface area (Å²) < 4.78 is 5.51. The highest BCUT2D eigenvalue weighted by Gasteiger charge is 2.40. The lowest BCUT2D eigenvalue weighted by Crippen LogP contribution is -2.53. The number of nitrogens with zero attached hydrogens (tertiary/aromatic N) is 2. The van der Waals surface area contributed by atoms with Crippen LogP contribution < -0.4 is 5.32 Å². The molecule has 0 unspecified atom stereocenters. The number of nitrogens with one attached hydrogen (secondary N) is 1. The van der Waals surface area contributed by atoms with Crippen LogP contribution in [0.5, 0.6) is 0 Å². The number of aliphatic hydroxyl groups excluding tert-OH is 1. The van der Waals surface area contributed by atoms with Gasteiger partial charge in [0.2, 0.25) is 0 Å². The Hall–Kier alpha value is -0.850. The SMILES string of the molecule is COCC1(CN[C@@H]2C[C@H]2C)CCN(C(=O)N2CCC(O)CC2)CC1. The zero-order valence-corrected chi connectivity index (χ0v) is 15.2. The molecule has 0 spiro atoms. The lowest BCUT2D eigenvalue weighted by molar-refractivity contribution is 0.0216. The van der Waals surface area contributed by atoms with Crippen molar-refractivity contribution < 1.29 is 14.6 Å². The van der Waals surface area contributed by atoms with E-state index in [2.05, 4.69) is 12.2 Å². The van der Waals surface area contributed by atoms with E-state index in [1.807, 2.05) is 9.80 Å². The second-order valence-electron chi connectivity index (χ2n) is 8.12. The van der Waals surface area contributed by atoms with E-state index in [0.29, 0.717) is 32.0 Å². The molecule has 1 saturated carbocycles. The van der Waals surface area contributed by atoms with E-state index < -0.39 is 0 Å². The predicted molar refractivity (Wildman–Crippen MR) is 92.9 cm³/mol. The maximum absolute atomic E-state index is 12.7. The summed E-state index contributed by atoms with van der Waals surface area (Å²) in [6.07, 6.45) is 4.46. The third-order valence-electron chi connectivity index (χ3n) is 6.13. The summed E-state index contributed by atoms with van der Waals surface area (Å²) in [5, 5.41) is 13.3. The Morgan fingerprint density at radius 1 is 1.21 bits per heavy atom.